The van der Waals surface area contributed by atoms with E-state index in [1.807, 2.05) is 0 Å². The van der Waals surface area contributed by atoms with Crippen molar-refractivity contribution in [3.05, 3.63) is 28.5 Å². The summed E-state index contributed by atoms with van der Waals surface area (Å²) >= 11 is 5.83. The molecular weight excluding hydrogens is 229 g/mol. The normalized spacial score (nSPS) is 20.8. The summed E-state index contributed by atoms with van der Waals surface area (Å²) in [6, 6.07) is 3.67. The van der Waals surface area contributed by atoms with Gasteiger partial charge in [-0.1, -0.05) is 18.0 Å². The SMILES string of the molecule is COc1cc(C2CCCCN2)cc(Cl)c1F. The van der Waals surface area contributed by atoms with E-state index < -0.39 is 5.82 Å². The Morgan fingerprint density at radius 3 is 2.88 bits per heavy atom. The van der Waals surface area contributed by atoms with Gasteiger partial charge in [-0.2, -0.15) is 0 Å². The zero-order chi connectivity index (χ0) is 11.5. The van der Waals surface area contributed by atoms with Gasteiger partial charge in [0.2, 0.25) is 0 Å². The van der Waals surface area contributed by atoms with E-state index in [4.69, 9.17) is 16.3 Å². The zero-order valence-electron chi connectivity index (χ0n) is 9.22. The van der Waals surface area contributed by atoms with Gasteiger partial charge in [0.1, 0.15) is 0 Å². The molecule has 4 heteroatoms. The van der Waals surface area contributed by atoms with E-state index in [9.17, 15) is 4.39 Å². The van der Waals surface area contributed by atoms with Crippen LogP contribution in [-0.2, 0) is 0 Å². The van der Waals surface area contributed by atoms with Crippen molar-refractivity contribution in [2.45, 2.75) is 25.3 Å². The third-order valence-electron chi connectivity index (χ3n) is 2.95. The van der Waals surface area contributed by atoms with Gasteiger partial charge in [-0.3, -0.25) is 0 Å². The Morgan fingerprint density at radius 2 is 2.25 bits per heavy atom. The molecule has 0 amide bonds. The number of rotatable bonds is 2. The third-order valence-corrected chi connectivity index (χ3v) is 3.22. The summed E-state index contributed by atoms with van der Waals surface area (Å²) < 4.78 is 18.4. The first-order valence-electron chi connectivity index (χ1n) is 5.48. The lowest BCUT2D eigenvalue weighted by Crippen LogP contribution is -2.26. The Balaban J connectivity index is 2.29. The predicted molar refractivity (Wildman–Crippen MR) is 62.6 cm³/mol. The second-order valence-electron chi connectivity index (χ2n) is 4.02. The fraction of sp³-hybridized carbons (Fsp3) is 0.500. The minimum atomic E-state index is -0.483. The van der Waals surface area contributed by atoms with Crippen molar-refractivity contribution in [1.29, 1.82) is 0 Å². The molecule has 1 aliphatic heterocycles. The molecule has 0 aliphatic carbocycles. The van der Waals surface area contributed by atoms with Crippen LogP contribution in [-0.4, -0.2) is 13.7 Å². The zero-order valence-corrected chi connectivity index (χ0v) is 9.98. The first-order chi connectivity index (χ1) is 7.72. The number of nitrogens with one attached hydrogen (secondary N) is 1. The van der Waals surface area contributed by atoms with E-state index in [1.54, 1.807) is 12.1 Å². The van der Waals surface area contributed by atoms with Crippen LogP contribution in [0.15, 0.2) is 12.1 Å². The maximum absolute atomic E-state index is 13.5. The molecule has 1 aromatic rings. The van der Waals surface area contributed by atoms with Crippen molar-refractivity contribution in [1.82, 2.24) is 5.32 Å². The second-order valence-corrected chi connectivity index (χ2v) is 4.43. The lowest BCUT2D eigenvalue weighted by atomic mass is 9.97. The molecular formula is C12H15ClFNO. The number of piperidine rings is 1. The van der Waals surface area contributed by atoms with Gasteiger partial charge < -0.3 is 10.1 Å². The highest BCUT2D eigenvalue weighted by atomic mass is 35.5. The van der Waals surface area contributed by atoms with Gasteiger partial charge >= 0.3 is 0 Å². The molecule has 1 aliphatic rings. The van der Waals surface area contributed by atoms with Crippen molar-refractivity contribution < 1.29 is 9.13 Å². The first kappa shape index (κ1) is 11.7. The molecule has 1 N–H and O–H groups in total. The van der Waals surface area contributed by atoms with Crippen LogP contribution in [0.25, 0.3) is 0 Å². The molecule has 1 heterocycles. The van der Waals surface area contributed by atoms with Gasteiger partial charge in [-0.25, -0.2) is 4.39 Å². The summed E-state index contributed by atoms with van der Waals surface area (Å²) in [5, 5.41) is 3.52. The number of benzene rings is 1. The number of hydrogen-bond acceptors (Lipinski definition) is 2. The minimum Gasteiger partial charge on any atom is -0.494 e. The maximum Gasteiger partial charge on any atom is 0.183 e. The quantitative estimate of drug-likeness (QED) is 0.861. The molecule has 0 bridgehead atoms. The molecule has 16 heavy (non-hydrogen) atoms. The molecule has 0 radical (unpaired) electrons. The highest BCUT2D eigenvalue weighted by Crippen LogP contribution is 2.32. The fourth-order valence-electron chi connectivity index (χ4n) is 2.07. The molecule has 0 spiro atoms. The van der Waals surface area contributed by atoms with Gasteiger partial charge in [0.05, 0.1) is 12.1 Å². The number of halogens is 2. The Morgan fingerprint density at radius 1 is 1.44 bits per heavy atom. The summed E-state index contributed by atoms with van der Waals surface area (Å²) in [6.45, 7) is 1.00. The monoisotopic (exact) mass is 243 g/mol. The summed E-state index contributed by atoms with van der Waals surface area (Å²) in [4.78, 5) is 0. The van der Waals surface area contributed by atoms with Gasteiger partial charge in [0.25, 0.3) is 0 Å². The number of methoxy groups -OCH3 is 1. The van der Waals surface area contributed by atoms with Crippen molar-refractivity contribution in [3.63, 3.8) is 0 Å². The minimum absolute atomic E-state index is 0.127. The first-order valence-corrected chi connectivity index (χ1v) is 5.86. The molecule has 0 saturated carbocycles. The molecule has 1 fully saturated rings. The second kappa shape index (κ2) is 5.02. The average Bonchev–Trinajstić information content (AvgIpc) is 2.33. The van der Waals surface area contributed by atoms with Crippen LogP contribution in [0, 0.1) is 5.82 Å². The van der Waals surface area contributed by atoms with Crippen LogP contribution in [0.5, 0.6) is 5.75 Å². The summed E-state index contributed by atoms with van der Waals surface area (Å²) in [6.07, 6.45) is 3.45. The Hall–Kier alpha value is -0.800. The van der Waals surface area contributed by atoms with Crippen LogP contribution in [0.3, 0.4) is 0 Å². The van der Waals surface area contributed by atoms with E-state index >= 15 is 0 Å². The Kier molecular flexibility index (Phi) is 3.66. The standard InChI is InChI=1S/C12H15ClFNO/c1-16-11-7-8(6-9(13)12(11)14)10-4-2-3-5-15-10/h6-7,10,15H,2-5H2,1H3. The van der Waals surface area contributed by atoms with Crippen molar-refractivity contribution >= 4 is 11.6 Å². The molecule has 1 aromatic carbocycles. The van der Waals surface area contributed by atoms with Crippen LogP contribution in [0.2, 0.25) is 5.02 Å². The lowest BCUT2D eigenvalue weighted by Gasteiger charge is -2.24. The molecule has 88 valence electrons. The van der Waals surface area contributed by atoms with Crippen LogP contribution in [0.1, 0.15) is 30.9 Å². The molecule has 2 nitrogen and oxygen atoms in total. The molecule has 0 aromatic heterocycles. The molecule has 1 unspecified atom stereocenters. The lowest BCUT2D eigenvalue weighted by molar-refractivity contribution is 0.380. The van der Waals surface area contributed by atoms with E-state index in [1.165, 1.54) is 20.0 Å². The number of ether oxygens (including phenoxy) is 1. The molecule has 1 atom stereocenters. The van der Waals surface area contributed by atoms with Crippen molar-refractivity contribution in [2.75, 3.05) is 13.7 Å². The summed E-state index contributed by atoms with van der Waals surface area (Å²) in [5.74, 6) is -0.265. The third kappa shape index (κ3) is 2.30. The van der Waals surface area contributed by atoms with Gasteiger partial charge in [0, 0.05) is 6.04 Å². The average molecular weight is 244 g/mol. The number of hydrogen-bond donors (Lipinski definition) is 1. The van der Waals surface area contributed by atoms with Crippen LogP contribution in [0.4, 0.5) is 4.39 Å². The smallest absolute Gasteiger partial charge is 0.183 e. The highest BCUT2D eigenvalue weighted by Gasteiger charge is 2.18. The van der Waals surface area contributed by atoms with E-state index in [-0.39, 0.29) is 16.8 Å². The van der Waals surface area contributed by atoms with Gasteiger partial charge in [-0.15, -0.1) is 0 Å². The predicted octanol–water partition coefficient (Wildman–Crippen LogP) is 3.30. The van der Waals surface area contributed by atoms with Gasteiger partial charge in [-0.05, 0) is 37.1 Å². The van der Waals surface area contributed by atoms with Crippen LogP contribution < -0.4 is 10.1 Å². The van der Waals surface area contributed by atoms with Crippen LogP contribution >= 0.6 is 11.6 Å². The summed E-state index contributed by atoms with van der Waals surface area (Å²) in [7, 11) is 1.45. The maximum atomic E-state index is 13.5. The Labute approximate surface area is 99.7 Å². The topological polar surface area (TPSA) is 21.3 Å². The van der Waals surface area contributed by atoms with Gasteiger partial charge in [0.15, 0.2) is 11.6 Å². The van der Waals surface area contributed by atoms with E-state index in [2.05, 4.69) is 5.32 Å². The Bertz CT molecular complexity index is 378. The van der Waals surface area contributed by atoms with E-state index in [0.717, 1.165) is 18.5 Å². The fourth-order valence-corrected chi connectivity index (χ4v) is 2.29. The molecule has 1 saturated heterocycles. The highest BCUT2D eigenvalue weighted by molar-refractivity contribution is 6.31. The van der Waals surface area contributed by atoms with Crippen molar-refractivity contribution in [3.8, 4) is 5.75 Å². The van der Waals surface area contributed by atoms with Crippen molar-refractivity contribution in [2.24, 2.45) is 0 Å². The summed E-state index contributed by atoms with van der Waals surface area (Å²) in [5.41, 5.74) is 1.00. The van der Waals surface area contributed by atoms with E-state index in [0.29, 0.717) is 0 Å². The molecule has 2 rings (SSSR count). The largest absolute Gasteiger partial charge is 0.494 e.